The molecule has 14 heteroatoms. The van der Waals surface area contributed by atoms with Gasteiger partial charge in [0, 0.05) is 0 Å². The van der Waals surface area contributed by atoms with Gasteiger partial charge in [-0.3, -0.25) is 0 Å². The lowest BCUT2D eigenvalue weighted by Gasteiger charge is -2.36. The maximum absolute atomic E-state index is 12.6. The fraction of sp³-hybridized carbons (Fsp3) is 1.00. The Labute approximate surface area is 107 Å². The molecule has 0 heterocycles. The quantitative estimate of drug-likeness (QED) is 0.659. The third-order valence-corrected chi connectivity index (χ3v) is 2.10. The van der Waals surface area contributed by atoms with Crippen molar-refractivity contribution >= 4 is 23.7 Å². The first-order valence-electron chi connectivity index (χ1n) is 3.61. The number of rotatable bonds is 6. The van der Waals surface area contributed by atoms with Crippen molar-refractivity contribution in [1.82, 2.24) is 0 Å². The van der Waals surface area contributed by atoms with E-state index in [1.165, 1.54) is 0 Å². The van der Waals surface area contributed by atoms with E-state index in [-0.39, 0.29) is 0 Å². The van der Waals surface area contributed by atoms with Gasteiger partial charge in [0.25, 0.3) is 0 Å². The fourth-order valence-electron chi connectivity index (χ4n) is 0.660. The second-order valence-electron chi connectivity index (χ2n) is 2.91. The third-order valence-electron chi connectivity index (χ3n) is 1.71. The van der Waals surface area contributed by atoms with Crippen LogP contribution in [0.2, 0.25) is 0 Å². The van der Waals surface area contributed by atoms with Crippen LogP contribution in [0, 0.1) is 0 Å². The van der Waals surface area contributed by atoms with Crippen molar-refractivity contribution in [2.24, 2.45) is 0 Å². The van der Waals surface area contributed by atoms with E-state index in [1.54, 1.807) is 0 Å². The summed E-state index contributed by atoms with van der Waals surface area (Å²) >= 11 is 7.46. The van der Waals surface area contributed by atoms with Crippen LogP contribution in [-0.2, 0) is 8.58 Å². The lowest BCUT2D eigenvalue weighted by Crippen LogP contribution is -2.67. The highest BCUT2D eigenvalue weighted by atomic mass is 35.5. The molecule has 0 radical (unpaired) electrons. The average Bonchev–Trinajstić information content (AvgIpc) is 2.27. The van der Waals surface area contributed by atoms with Gasteiger partial charge >= 0.3 is 30.0 Å². The van der Waals surface area contributed by atoms with Crippen molar-refractivity contribution in [2.45, 2.75) is 30.0 Å². The van der Waals surface area contributed by atoms with Crippen LogP contribution in [0.3, 0.4) is 0 Å². The van der Waals surface area contributed by atoms with E-state index in [2.05, 4.69) is 32.3 Å². The third kappa shape index (κ3) is 2.54. The highest BCUT2D eigenvalue weighted by molar-refractivity contribution is 6.07. The number of hydrogen-bond acceptors (Lipinski definition) is 2. The topological polar surface area (TPSA) is 18.5 Å². The highest BCUT2D eigenvalue weighted by Crippen LogP contribution is 2.57. The van der Waals surface area contributed by atoms with Crippen molar-refractivity contribution in [3.8, 4) is 0 Å². The standard InChI is InChI=1S/C5Cl2F10O2/c6-18-4(14,15)2(10,11)1(8,9)3(12,13)5(16,17)19-7. The maximum atomic E-state index is 12.6. The maximum Gasteiger partial charge on any atom is 0.441 e. The second-order valence-corrected chi connectivity index (χ2v) is 3.22. The van der Waals surface area contributed by atoms with Crippen molar-refractivity contribution in [1.29, 1.82) is 0 Å². The molecule has 0 saturated heterocycles. The molecular formula is C5Cl2F10O2. The molecule has 0 aromatic heterocycles. The first-order chi connectivity index (χ1) is 8.12. The van der Waals surface area contributed by atoms with Crippen molar-refractivity contribution in [2.75, 3.05) is 0 Å². The minimum Gasteiger partial charge on any atom is -0.204 e. The first kappa shape index (κ1) is 18.8. The Bertz CT molecular complexity index is 302. The second kappa shape index (κ2) is 4.97. The van der Waals surface area contributed by atoms with Gasteiger partial charge in [0.15, 0.2) is 0 Å². The zero-order valence-corrected chi connectivity index (χ0v) is 9.36. The van der Waals surface area contributed by atoms with Gasteiger partial charge in [0.2, 0.25) is 0 Å². The Hall–Kier alpha value is -0.200. The largest absolute Gasteiger partial charge is 0.441 e. The minimum atomic E-state index is -7.32. The summed E-state index contributed by atoms with van der Waals surface area (Å²) in [5.74, 6) is -21.5. The molecule has 2 nitrogen and oxygen atoms in total. The Morgan fingerprint density at radius 2 is 0.684 bits per heavy atom. The minimum absolute atomic E-state index is 2.09. The Morgan fingerprint density at radius 3 is 0.842 bits per heavy atom. The molecule has 0 N–H and O–H groups in total. The van der Waals surface area contributed by atoms with Gasteiger partial charge in [-0.15, -0.1) is 0 Å². The van der Waals surface area contributed by atoms with Crippen LogP contribution in [0.1, 0.15) is 0 Å². The molecule has 0 bridgehead atoms. The number of hydrogen-bond donors (Lipinski definition) is 0. The molecule has 0 saturated carbocycles. The van der Waals surface area contributed by atoms with Gasteiger partial charge in [-0.2, -0.15) is 43.9 Å². The van der Waals surface area contributed by atoms with Crippen LogP contribution in [0.15, 0.2) is 0 Å². The van der Waals surface area contributed by atoms with E-state index in [9.17, 15) is 43.9 Å². The monoisotopic (exact) mass is 352 g/mol. The summed E-state index contributed by atoms with van der Waals surface area (Å²) < 4.78 is 128. The van der Waals surface area contributed by atoms with Crippen LogP contribution in [0.4, 0.5) is 43.9 Å². The fourth-order valence-corrected chi connectivity index (χ4v) is 0.853. The predicted octanol–water partition coefficient (Wildman–Crippen LogP) is 4.42. The van der Waals surface area contributed by atoms with Gasteiger partial charge in [-0.1, -0.05) is 0 Å². The van der Waals surface area contributed by atoms with E-state index in [0.29, 0.717) is 0 Å². The van der Waals surface area contributed by atoms with Crippen LogP contribution >= 0.6 is 23.7 Å². The Balaban J connectivity index is 5.86. The van der Waals surface area contributed by atoms with Gasteiger partial charge in [-0.05, 0) is 0 Å². The van der Waals surface area contributed by atoms with Gasteiger partial charge in [0.05, 0.1) is 23.7 Å². The lowest BCUT2D eigenvalue weighted by molar-refractivity contribution is -0.451. The average molecular weight is 353 g/mol. The molecule has 0 amide bonds. The molecule has 0 fully saturated rings. The summed E-state index contributed by atoms with van der Waals surface area (Å²) in [6.45, 7) is 0. The Morgan fingerprint density at radius 1 is 0.474 bits per heavy atom. The summed E-state index contributed by atoms with van der Waals surface area (Å²) in [7, 11) is 0. The van der Waals surface area contributed by atoms with Gasteiger partial charge in [0.1, 0.15) is 0 Å². The molecule has 0 aromatic carbocycles. The molecular weight excluding hydrogens is 353 g/mol. The molecule has 0 aliphatic rings. The van der Waals surface area contributed by atoms with Crippen LogP contribution < -0.4 is 0 Å². The summed E-state index contributed by atoms with van der Waals surface area (Å²) in [4.78, 5) is 0. The highest BCUT2D eigenvalue weighted by Gasteiger charge is 2.88. The molecule has 0 spiro atoms. The van der Waals surface area contributed by atoms with E-state index in [0.717, 1.165) is 0 Å². The zero-order valence-electron chi connectivity index (χ0n) is 7.85. The van der Waals surface area contributed by atoms with E-state index >= 15 is 0 Å². The zero-order chi connectivity index (χ0) is 15.9. The van der Waals surface area contributed by atoms with Crippen molar-refractivity contribution in [3.63, 3.8) is 0 Å². The first-order valence-corrected chi connectivity index (χ1v) is 4.22. The summed E-state index contributed by atoms with van der Waals surface area (Å²) in [5, 5.41) is 0. The molecule has 0 aliphatic carbocycles. The molecule has 0 aromatic rings. The molecule has 19 heavy (non-hydrogen) atoms. The summed E-state index contributed by atoms with van der Waals surface area (Å²) in [6, 6.07) is 0. The Kier molecular flexibility index (Phi) is 4.92. The van der Waals surface area contributed by atoms with E-state index < -0.39 is 30.0 Å². The van der Waals surface area contributed by atoms with E-state index in [4.69, 9.17) is 0 Å². The van der Waals surface area contributed by atoms with Crippen LogP contribution in [-0.4, -0.2) is 30.0 Å². The smallest absolute Gasteiger partial charge is 0.204 e. The number of alkyl halides is 10. The number of halogens is 12. The molecule has 0 rings (SSSR count). The molecule has 0 unspecified atom stereocenters. The summed E-state index contributed by atoms with van der Waals surface area (Å²) in [5.41, 5.74) is 0. The lowest BCUT2D eigenvalue weighted by atomic mass is 10.0. The van der Waals surface area contributed by atoms with Crippen LogP contribution in [0.5, 0.6) is 0 Å². The van der Waals surface area contributed by atoms with Gasteiger partial charge in [-0.25, -0.2) is 8.58 Å². The molecule has 0 atom stereocenters. The van der Waals surface area contributed by atoms with Gasteiger partial charge < -0.3 is 0 Å². The van der Waals surface area contributed by atoms with Crippen molar-refractivity contribution in [3.05, 3.63) is 0 Å². The summed E-state index contributed by atoms with van der Waals surface area (Å²) in [6.07, 6.45) is -12.8. The van der Waals surface area contributed by atoms with Crippen LogP contribution in [0.25, 0.3) is 0 Å². The SMILES string of the molecule is FC(F)(OCl)C(F)(F)C(F)(F)C(F)(F)C(F)(F)OCl. The molecule has 116 valence electrons. The molecule has 0 aliphatic heterocycles. The normalized spacial score (nSPS) is 15.8. The predicted molar refractivity (Wildman–Crippen MR) is 38.6 cm³/mol. The van der Waals surface area contributed by atoms with Crippen molar-refractivity contribution < 1.29 is 52.5 Å². The van der Waals surface area contributed by atoms with E-state index in [1.807, 2.05) is 0 Å².